The molecule has 1 aliphatic heterocycles. The van der Waals surface area contributed by atoms with Crippen LogP contribution in [0.4, 0.5) is 11.5 Å². The molecule has 0 spiro atoms. The zero-order valence-electron chi connectivity index (χ0n) is 16.5. The number of ether oxygens (including phenoxy) is 1. The lowest BCUT2D eigenvalue weighted by Gasteiger charge is -2.20. The number of carbonyl (C=O) groups excluding carboxylic acids is 1. The molecule has 146 valence electrons. The van der Waals surface area contributed by atoms with Crippen LogP contribution >= 0.6 is 0 Å². The highest BCUT2D eigenvalue weighted by Gasteiger charge is 2.32. The summed E-state index contributed by atoms with van der Waals surface area (Å²) >= 11 is 0. The number of nitrogens with zero attached hydrogens (tertiary/aromatic N) is 5. The van der Waals surface area contributed by atoms with Crippen molar-refractivity contribution in [3.8, 4) is 5.75 Å². The van der Waals surface area contributed by atoms with Gasteiger partial charge in [-0.3, -0.25) is 9.48 Å². The van der Waals surface area contributed by atoms with E-state index in [2.05, 4.69) is 29.2 Å². The van der Waals surface area contributed by atoms with E-state index in [1.807, 2.05) is 31.3 Å². The summed E-state index contributed by atoms with van der Waals surface area (Å²) in [5.74, 6) is 2.42. The highest BCUT2D eigenvalue weighted by atomic mass is 16.5. The zero-order chi connectivity index (χ0) is 19.8. The summed E-state index contributed by atoms with van der Waals surface area (Å²) in [7, 11) is 3.48. The van der Waals surface area contributed by atoms with Crippen LogP contribution in [0.2, 0.25) is 0 Å². The van der Waals surface area contributed by atoms with Crippen LogP contribution in [0.3, 0.4) is 0 Å². The summed E-state index contributed by atoms with van der Waals surface area (Å²) in [5, 5.41) is 8.62. The molecule has 1 atom stereocenters. The molecule has 1 saturated heterocycles. The second-order valence-electron chi connectivity index (χ2n) is 7.31. The van der Waals surface area contributed by atoms with Gasteiger partial charge >= 0.3 is 0 Å². The molecule has 3 heterocycles. The Balaban J connectivity index is 1.63. The highest BCUT2D eigenvalue weighted by molar-refractivity contribution is 5.98. The van der Waals surface area contributed by atoms with E-state index in [1.165, 1.54) is 0 Å². The van der Waals surface area contributed by atoms with Crippen LogP contribution < -0.4 is 15.0 Å². The van der Waals surface area contributed by atoms with Crippen LogP contribution in [0.15, 0.2) is 30.5 Å². The normalized spacial score (nSPS) is 17.0. The molecule has 4 rings (SSSR count). The van der Waals surface area contributed by atoms with Crippen molar-refractivity contribution in [3.05, 3.63) is 36.3 Å². The Morgan fingerprint density at radius 2 is 2.04 bits per heavy atom. The molecule has 2 aromatic heterocycles. The van der Waals surface area contributed by atoms with E-state index in [4.69, 9.17) is 9.72 Å². The predicted molar refractivity (Wildman–Crippen MR) is 108 cm³/mol. The number of rotatable bonds is 5. The minimum Gasteiger partial charge on any atom is -0.495 e. The fourth-order valence-corrected chi connectivity index (χ4v) is 3.49. The largest absolute Gasteiger partial charge is 0.495 e. The van der Waals surface area contributed by atoms with Crippen molar-refractivity contribution >= 4 is 28.4 Å². The quantitative estimate of drug-likeness (QED) is 0.733. The number of benzene rings is 1. The number of methoxy groups -OCH3 is 1. The third-order valence-corrected chi connectivity index (χ3v) is 4.97. The number of anilines is 2. The van der Waals surface area contributed by atoms with E-state index < -0.39 is 0 Å². The summed E-state index contributed by atoms with van der Waals surface area (Å²) < 4.78 is 7.16. The Kier molecular flexibility index (Phi) is 4.62. The van der Waals surface area contributed by atoms with Gasteiger partial charge in [-0.15, -0.1) is 0 Å². The van der Waals surface area contributed by atoms with Crippen molar-refractivity contribution in [3.63, 3.8) is 0 Å². The fraction of sp³-hybridized carbons (Fsp3) is 0.400. The first-order valence-corrected chi connectivity index (χ1v) is 9.37. The summed E-state index contributed by atoms with van der Waals surface area (Å²) in [6.07, 6.45) is 2.15. The second kappa shape index (κ2) is 7.10. The average Bonchev–Trinajstić information content (AvgIpc) is 3.24. The SMILES string of the molecule is COc1ccccc1N1C[C@@H](Nc2nc(C(C)C)nc3c2cnn3C)CC1=O. The molecule has 0 aliphatic carbocycles. The number of carbonyl (C=O) groups is 1. The summed E-state index contributed by atoms with van der Waals surface area (Å²) in [4.78, 5) is 23.8. The minimum atomic E-state index is -0.0595. The number of amides is 1. The first-order chi connectivity index (χ1) is 13.5. The molecule has 0 saturated carbocycles. The van der Waals surface area contributed by atoms with Crippen LogP contribution in [0.25, 0.3) is 11.0 Å². The van der Waals surface area contributed by atoms with Crippen LogP contribution in [0.5, 0.6) is 5.75 Å². The van der Waals surface area contributed by atoms with E-state index in [-0.39, 0.29) is 17.9 Å². The van der Waals surface area contributed by atoms with Gasteiger partial charge in [0.25, 0.3) is 0 Å². The molecule has 0 unspecified atom stereocenters. The number of para-hydroxylation sites is 2. The van der Waals surface area contributed by atoms with Gasteiger partial charge in [0, 0.05) is 25.9 Å². The van der Waals surface area contributed by atoms with E-state index >= 15 is 0 Å². The van der Waals surface area contributed by atoms with Crippen molar-refractivity contribution in [2.75, 3.05) is 23.9 Å². The first-order valence-electron chi connectivity index (χ1n) is 9.37. The monoisotopic (exact) mass is 380 g/mol. The van der Waals surface area contributed by atoms with Crippen molar-refractivity contribution in [1.82, 2.24) is 19.7 Å². The molecule has 0 bridgehead atoms. The Morgan fingerprint density at radius 3 is 2.79 bits per heavy atom. The van der Waals surface area contributed by atoms with Gasteiger partial charge in [-0.05, 0) is 12.1 Å². The third-order valence-electron chi connectivity index (χ3n) is 4.97. The second-order valence-corrected chi connectivity index (χ2v) is 7.31. The minimum absolute atomic E-state index is 0.0579. The Morgan fingerprint density at radius 1 is 1.25 bits per heavy atom. The maximum atomic E-state index is 12.7. The summed E-state index contributed by atoms with van der Waals surface area (Å²) in [5.41, 5.74) is 1.57. The summed E-state index contributed by atoms with van der Waals surface area (Å²) in [6.45, 7) is 4.66. The number of aromatic nitrogens is 4. The lowest BCUT2D eigenvalue weighted by Crippen LogP contribution is -2.28. The van der Waals surface area contributed by atoms with Gasteiger partial charge in [0.05, 0.1) is 30.4 Å². The van der Waals surface area contributed by atoms with Crippen molar-refractivity contribution in [1.29, 1.82) is 0 Å². The van der Waals surface area contributed by atoms with Gasteiger partial charge in [-0.25, -0.2) is 9.97 Å². The van der Waals surface area contributed by atoms with Gasteiger partial charge < -0.3 is 15.0 Å². The predicted octanol–water partition coefficient (Wildman–Crippen LogP) is 2.71. The molecule has 1 amide bonds. The number of aryl methyl sites for hydroxylation is 1. The standard InChI is InChI=1S/C20H24N6O2/c1-12(2)18-23-19(14-10-21-25(3)20(14)24-18)22-13-9-17(27)26(11-13)15-7-5-6-8-16(15)28-4/h5-8,10,12-13H,9,11H2,1-4H3,(H,22,23,24)/t13-/m0/s1. The summed E-state index contributed by atoms with van der Waals surface area (Å²) in [6, 6.07) is 7.51. The Bertz CT molecular complexity index is 1030. The molecule has 1 fully saturated rings. The van der Waals surface area contributed by atoms with E-state index in [0.29, 0.717) is 18.7 Å². The van der Waals surface area contributed by atoms with Crippen molar-refractivity contribution in [2.45, 2.75) is 32.2 Å². The third kappa shape index (κ3) is 3.15. The van der Waals surface area contributed by atoms with Gasteiger partial charge in [-0.1, -0.05) is 26.0 Å². The van der Waals surface area contributed by atoms with Gasteiger partial charge in [0.15, 0.2) is 5.65 Å². The van der Waals surface area contributed by atoms with E-state index in [0.717, 1.165) is 28.4 Å². The number of fused-ring (bicyclic) bond motifs is 1. The Labute approximate surface area is 163 Å². The van der Waals surface area contributed by atoms with Crippen LogP contribution in [0, 0.1) is 0 Å². The smallest absolute Gasteiger partial charge is 0.229 e. The average molecular weight is 380 g/mol. The molecule has 1 N–H and O–H groups in total. The number of nitrogens with one attached hydrogen (secondary N) is 1. The molecular weight excluding hydrogens is 356 g/mol. The van der Waals surface area contributed by atoms with E-state index in [1.54, 1.807) is 22.9 Å². The molecule has 0 radical (unpaired) electrons. The van der Waals surface area contributed by atoms with Gasteiger partial charge in [0.2, 0.25) is 5.91 Å². The van der Waals surface area contributed by atoms with Crippen molar-refractivity contribution in [2.24, 2.45) is 7.05 Å². The van der Waals surface area contributed by atoms with Crippen molar-refractivity contribution < 1.29 is 9.53 Å². The Hall–Kier alpha value is -3.16. The molecule has 3 aromatic rings. The topological polar surface area (TPSA) is 85.2 Å². The maximum absolute atomic E-state index is 12.7. The van der Waals surface area contributed by atoms with E-state index in [9.17, 15) is 4.79 Å². The molecule has 1 aromatic carbocycles. The molecule has 8 nitrogen and oxygen atoms in total. The lowest BCUT2D eigenvalue weighted by molar-refractivity contribution is -0.117. The number of hydrogen-bond acceptors (Lipinski definition) is 6. The fourth-order valence-electron chi connectivity index (χ4n) is 3.49. The van der Waals surface area contributed by atoms with Crippen LogP contribution in [-0.2, 0) is 11.8 Å². The van der Waals surface area contributed by atoms with Crippen LogP contribution in [0.1, 0.15) is 32.0 Å². The maximum Gasteiger partial charge on any atom is 0.229 e. The van der Waals surface area contributed by atoms with Gasteiger partial charge in [0.1, 0.15) is 17.4 Å². The van der Waals surface area contributed by atoms with Gasteiger partial charge in [-0.2, -0.15) is 5.10 Å². The molecule has 1 aliphatic rings. The number of hydrogen-bond donors (Lipinski definition) is 1. The highest BCUT2D eigenvalue weighted by Crippen LogP contribution is 2.32. The molecule has 8 heteroatoms. The molecular formula is C20H24N6O2. The lowest BCUT2D eigenvalue weighted by atomic mass is 10.2. The van der Waals surface area contributed by atoms with Crippen LogP contribution in [-0.4, -0.2) is 45.4 Å². The zero-order valence-corrected chi connectivity index (χ0v) is 16.5. The molecule has 28 heavy (non-hydrogen) atoms. The first kappa shape index (κ1) is 18.2.